The van der Waals surface area contributed by atoms with Crippen molar-refractivity contribution in [2.24, 2.45) is 5.92 Å². The van der Waals surface area contributed by atoms with Gasteiger partial charge in [0.15, 0.2) is 0 Å². The van der Waals surface area contributed by atoms with Gasteiger partial charge in [-0.1, -0.05) is 68.2 Å². The lowest BCUT2D eigenvalue weighted by Gasteiger charge is -2.34. The molecule has 2 amide bonds. The molecule has 1 aromatic carbocycles. The Labute approximate surface area is 244 Å². The lowest BCUT2D eigenvalue weighted by atomic mass is 9.97. The van der Waals surface area contributed by atoms with Crippen molar-refractivity contribution in [1.29, 1.82) is 0 Å². The van der Waals surface area contributed by atoms with Crippen LogP contribution in [0.2, 0.25) is 0 Å². The van der Waals surface area contributed by atoms with Crippen LogP contribution in [-0.4, -0.2) is 75.2 Å². The summed E-state index contributed by atoms with van der Waals surface area (Å²) in [5.41, 5.74) is 0.747. The molecule has 7 nitrogen and oxygen atoms in total. The molecule has 1 aliphatic carbocycles. The van der Waals surface area contributed by atoms with E-state index in [1.54, 1.807) is 16.7 Å². The molecule has 1 saturated carbocycles. The highest BCUT2D eigenvalue weighted by atomic mass is 32.2. The number of hydrogen-bond acceptors (Lipinski definition) is 6. The smallest absolute Gasteiger partial charge is 0.411 e. The van der Waals surface area contributed by atoms with Crippen LogP contribution >= 0.6 is 24.0 Å². The third-order valence-electron chi connectivity index (χ3n) is 7.97. The van der Waals surface area contributed by atoms with Crippen molar-refractivity contribution in [2.75, 3.05) is 24.7 Å². The molecule has 9 heteroatoms. The van der Waals surface area contributed by atoms with E-state index in [0.717, 1.165) is 50.3 Å². The number of ether oxygens (including phenoxy) is 1. The van der Waals surface area contributed by atoms with Crippen molar-refractivity contribution in [3.8, 4) is 0 Å². The van der Waals surface area contributed by atoms with E-state index in [2.05, 4.69) is 45.9 Å². The van der Waals surface area contributed by atoms with Gasteiger partial charge in [0, 0.05) is 31.4 Å². The fourth-order valence-corrected chi connectivity index (χ4v) is 7.26. The van der Waals surface area contributed by atoms with E-state index in [4.69, 9.17) is 17.0 Å². The second-order valence-electron chi connectivity index (χ2n) is 12.3. The van der Waals surface area contributed by atoms with E-state index in [1.807, 2.05) is 20.8 Å². The molecule has 1 aromatic rings. The summed E-state index contributed by atoms with van der Waals surface area (Å²) in [5.74, 6) is 1.61. The van der Waals surface area contributed by atoms with Crippen molar-refractivity contribution in [3.05, 3.63) is 35.9 Å². The molecule has 0 spiro atoms. The van der Waals surface area contributed by atoms with Gasteiger partial charge in [-0.15, -0.1) is 11.8 Å². The first-order chi connectivity index (χ1) is 18.7. The van der Waals surface area contributed by atoms with Gasteiger partial charge >= 0.3 is 6.09 Å². The molecular weight excluding hydrogens is 528 g/mol. The monoisotopic (exact) mass is 574 g/mol. The standard InChI is InChI=1S/C30H46N4O3S2/c1-30(2,3)37-29(36)34-21-39-20-26(34)27(35)32-25(14-13-22-9-7-8-10-22)28(38)31-24-15-17-33(18-16-24)19-23-11-5-4-6-12-23/h4-6,11-12,22,24-26H,7-10,13-21H2,1-3H3,(H,31,38)(H,32,35)/t25-,26+/m1/s1. The van der Waals surface area contributed by atoms with Gasteiger partial charge in [-0.3, -0.25) is 14.6 Å². The maximum atomic E-state index is 13.5. The van der Waals surface area contributed by atoms with Crippen LogP contribution in [0.3, 0.4) is 0 Å². The molecule has 39 heavy (non-hydrogen) atoms. The molecule has 2 aliphatic heterocycles. The van der Waals surface area contributed by atoms with Crippen LogP contribution in [0.4, 0.5) is 4.79 Å². The second kappa shape index (κ2) is 14.2. The largest absolute Gasteiger partial charge is 0.444 e. The lowest BCUT2D eigenvalue weighted by Crippen LogP contribution is -2.55. The number of carbonyl (C=O) groups excluding carboxylic acids is 2. The normalized spacial score (nSPS) is 22.0. The SMILES string of the molecule is CC(C)(C)OC(=O)N1CSC[C@H]1C(=O)N[C@H](CCC1CCCC1)C(=S)NC1CCN(Cc2ccccc2)CC1. The van der Waals surface area contributed by atoms with Crippen LogP contribution in [0.5, 0.6) is 0 Å². The summed E-state index contributed by atoms with van der Waals surface area (Å²) in [6.07, 6.45) is 8.67. The number of thioether (sulfide) groups is 1. The van der Waals surface area contributed by atoms with Gasteiger partial charge in [0.25, 0.3) is 0 Å². The number of hydrogen-bond donors (Lipinski definition) is 2. The molecule has 3 aliphatic rings. The van der Waals surface area contributed by atoms with E-state index in [0.29, 0.717) is 23.6 Å². The second-order valence-corrected chi connectivity index (χ2v) is 13.7. The quantitative estimate of drug-likeness (QED) is 0.386. The zero-order chi connectivity index (χ0) is 27.8. The van der Waals surface area contributed by atoms with Crippen LogP contribution < -0.4 is 10.6 Å². The minimum Gasteiger partial charge on any atom is -0.444 e. The predicted molar refractivity (Wildman–Crippen MR) is 163 cm³/mol. The highest BCUT2D eigenvalue weighted by molar-refractivity contribution is 7.99. The average Bonchev–Trinajstić information content (AvgIpc) is 3.60. The summed E-state index contributed by atoms with van der Waals surface area (Å²) in [6, 6.07) is 10.2. The summed E-state index contributed by atoms with van der Waals surface area (Å²) >= 11 is 7.51. The van der Waals surface area contributed by atoms with E-state index in [1.165, 1.54) is 31.2 Å². The minimum atomic E-state index is -0.600. The van der Waals surface area contributed by atoms with Gasteiger partial charge in [-0.2, -0.15) is 0 Å². The average molecular weight is 575 g/mol. The topological polar surface area (TPSA) is 73.9 Å². The Morgan fingerprint density at radius 2 is 1.79 bits per heavy atom. The fourth-order valence-electron chi connectivity index (χ4n) is 5.78. The number of amides is 2. The first kappa shape index (κ1) is 30.1. The molecule has 216 valence electrons. The number of thiocarbonyl (C=S) groups is 1. The molecule has 2 heterocycles. The highest BCUT2D eigenvalue weighted by Gasteiger charge is 2.38. The molecule has 2 atom stereocenters. The van der Waals surface area contributed by atoms with Gasteiger partial charge in [-0.25, -0.2) is 4.79 Å². The number of benzene rings is 1. The molecule has 3 fully saturated rings. The van der Waals surface area contributed by atoms with Gasteiger partial charge in [0.1, 0.15) is 11.6 Å². The maximum absolute atomic E-state index is 13.5. The van der Waals surface area contributed by atoms with E-state index >= 15 is 0 Å². The van der Waals surface area contributed by atoms with Crippen molar-refractivity contribution < 1.29 is 14.3 Å². The molecule has 0 unspecified atom stereocenters. The molecular formula is C30H46N4O3S2. The number of carbonyl (C=O) groups is 2. The van der Waals surface area contributed by atoms with Crippen molar-refractivity contribution in [3.63, 3.8) is 0 Å². The third-order valence-corrected chi connectivity index (χ3v) is 9.38. The Bertz CT molecular complexity index is 957. The molecule has 2 N–H and O–H groups in total. The summed E-state index contributed by atoms with van der Waals surface area (Å²) in [5, 5.41) is 6.86. The van der Waals surface area contributed by atoms with Crippen molar-refractivity contribution in [1.82, 2.24) is 20.4 Å². The van der Waals surface area contributed by atoms with Crippen LogP contribution in [0, 0.1) is 5.92 Å². The van der Waals surface area contributed by atoms with Gasteiger partial charge in [0.05, 0.1) is 16.9 Å². The van der Waals surface area contributed by atoms with Crippen LogP contribution in [0.1, 0.15) is 77.7 Å². The lowest BCUT2D eigenvalue weighted by molar-refractivity contribution is -0.125. The van der Waals surface area contributed by atoms with Crippen molar-refractivity contribution in [2.45, 2.75) is 102 Å². The number of nitrogens with one attached hydrogen (secondary N) is 2. The molecule has 2 saturated heterocycles. The van der Waals surface area contributed by atoms with Crippen LogP contribution in [-0.2, 0) is 16.1 Å². The minimum absolute atomic E-state index is 0.135. The van der Waals surface area contributed by atoms with Crippen molar-refractivity contribution >= 4 is 41.0 Å². The van der Waals surface area contributed by atoms with Gasteiger partial charge in [-0.05, 0) is 57.9 Å². The number of likely N-dealkylation sites (tertiary alicyclic amines) is 1. The Kier molecular flexibility index (Phi) is 10.9. The van der Waals surface area contributed by atoms with Gasteiger partial charge < -0.3 is 15.4 Å². The van der Waals surface area contributed by atoms with Crippen LogP contribution in [0.15, 0.2) is 30.3 Å². The number of nitrogens with zero attached hydrogens (tertiary/aromatic N) is 2. The molecule has 0 aromatic heterocycles. The third kappa shape index (κ3) is 9.35. The van der Waals surface area contributed by atoms with E-state index in [9.17, 15) is 9.59 Å². The first-order valence-corrected chi connectivity index (χ1v) is 16.2. The molecule has 4 rings (SSSR count). The van der Waals surface area contributed by atoms with Gasteiger partial charge in [0.2, 0.25) is 5.91 Å². The first-order valence-electron chi connectivity index (χ1n) is 14.6. The van der Waals surface area contributed by atoms with E-state index in [-0.39, 0.29) is 11.9 Å². The summed E-state index contributed by atoms with van der Waals surface area (Å²) in [6.45, 7) is 8.57. The van der Waals surface area contributed by atoms with Crippen LogP contribution in [0.25, 0.3) is 0 Å². The Hall–Kier alpha value is -1.84. The Balaban J connectivity index is 1.32. The number of piperidine rings is 1. The summed E-state index contributed by atoms with van der Waals surface area (Å²) < 4.78 is 5.57. The Morgan fingerprint density at radius 1 is 1.10 bits per heavy atom. The zero-order valence-electron chi connectivity index (χ0n) is 23.8. The predicted octanol–water partition coefficient (Wildman–Crippen LogP) is 5.33. The summed E-state index contributed by atoms with van der Waals surface area (Å²) in [7, 11) is 0. The zero-order valence-corrected chi connectivity index (χ0v) is 25.5. The Morgan fingerprint density at radius 3 is 2.46 bits per heavy atom. The fraction of sp³-hybridized carbons (Fsp3) is 0.700. The molecule has 0 bridgehead atoms. The summed E-state index contributed by atoms with van der Waals surface area (Å²) in [4.78, 5) is 31.0. The highest BCUT2D eigenvalue weighted by Crippen LogP contribution is 2.29. The molecule has 0 radical (unpaired) electrons. The number of rotatable bonds is 9. The maximum Gasteiger partial charge on any atom is 0.411 e. The van der Waals surface area contributed by atoms with E-state index < -0.39 is 17.7 Å².